The molecule has 2 aromatic heterocycles. The first-order valence-corrected chi connectivity index (χ1v) is 10.5. The van der Waals surface area contributed by atoms with Crippen LogP contribution in [0.3, 0.4) is 0 Å². The predicted octanol–water partition coefficient (Wildman–Crippen LogP) is 4.52. The number of pyridine rings is 1. The Kier molecular flexibility index (Phi) is 6.20. The molecule has 1 aliphatic rings. The highest BCUT2D eigenvalue weighted by Crippen LogP contribution is 2.26. The maximum absolute atomic E-state index is 5.20. The summed E-state index contributed by atoms with van der Waals surface area (Å²) in [6, 6.07) is 12.7. The minimum absolute atomic E-state index is 0.863. The average Bonchev–Trinajstić information content (AvgIpc) is 2.98. The lowest BCUT2D eigenvalue weighted by atomic mass is 10.0. The van der Waals surface area contributed by atoms with Gasteiger partial charge >= 0.3 is 0 Å². The van der Waals surface area contributed by atoms with E-state index in [-0.39, 0.29) is 0 Å². The normalized spacial score (nSPS) is 16.2. The number of hydrogen-bond acceptors (Lipinski definition) is 5. The van der Waals surface area contributed by atoms with E-state index in [0.717, 1.165) is 61.6 Å². The second-order valence-electron chi connectivity index (χ2n) is 7.37. The maximum atomic E-state index is 5.20. The van der Waals surface area contributed by atoms with E-state index in [2.05, 4.69) is 66.2 Å². The lowest BCUT2D eigenvalue weighted by Crippen LogP contribution is -2.30. The van der Waals surface area contributed by atoms with E-state index in [1.165, 1.54) is 16.7 Å². The van der Waals surface area contributed by atoms with E-state index >= 15 is 0 Å². The lowest BCUT2D eigenvalue weighted by Gasteiger charge is -2.22. The first-order valence-electron chi connectivity index (χ1n) is 9.73. The summed E-state index contributed by atoms with van der Waals surface area (Å²) in [5.41, 5.74) is 4.81. The van der Waals surface area contributed by atoms with Gasteiger partial charge in [0.2, 0.25) is 0 Å². The smallest absolute Gasteiger partial charge is 0.133 e. The monoisotopic (exact) mass is 440 g/mol. The maximum Gasteiger partial charge on any atom is 0.133 e. The molecule has 6 heteroatoms. The van der Waals surface area contributed by atoms with E-state index in [1.54, 1.807) is 0 Å². The van der Waals surface area contributed by atoms with E-state index in [9.17, 15) is 0 Å². The number of nitrogens with zero attached hydrogens (tertiary/aromatic N) is 4. The van der Waals surface area contributed by atoms with Gasteiger partial charge in [-0.3, -0.25) is 14.8 Å². The van der Waals surface area contributed by atoms with Gasteiger partial charge in [-0.05, 0) is 61.3 Å². The van der Waals surface area contributed by atoms with E-state index < -0.39 is 0 Å². The van der Waals surface area contributed by atoms with Crippen LogP contribution in [-0.4, -0.2) is 46.1 Å². The van der Waals surface area contributed by atoms with Crippen LogP contribution < -0.4 is 0 Å². The Hall–Kier alpha value is -2.02. The molecule has 0 atom stereocenters. The van der Waals surface area contributed by atoms with Gasteiger partial charge in [0, 0.05) is 49.1 Å². The molecule has 0 saturated carbocycles. The first-order chi connectivity index (χ1) is 13.7. The highest BCUT2D eigenvalue weighted by atomic mass is 79.9. The molecule has 1 fully saturated rings. The second-order valence-corrected chi connectivity index (χ2v) is 8.29. The molecule has 0 bridgehead atoms. The van der Waals surface area contributed by atoms with Gasteiger partial charge in [0.15, 0.2) is 0 Å². The van der Waals surface area contributed by atoms with Gasteiger partial charge in [0.25, 0.3) is 0 Å². The van der Waals surface area contributed by atoms with Crippen molar-refractivity contribution in [2.24, 2.45) is 0 Å². The van der Waals surface area contributed by atoms with Crippen molar-refractivity contribution >= 4 is 15.9 Å². The van der Waals surface area contributed by atoms with Crippen molar-refractivity contribution in [1.29, 1.82) is 0 Å². The summed E-state index contributed by atoms with van der Waals surface area (Å²) in [4.78, 5) is 9.39. The standard InChI is InChI=1S/C22H25BrN4O/c1-17-13-21(25-28-17)16-27-10-2-9-26(11-12-27)15-19-14-24-8-7-22(19)18-3-5-20(23)6-4-18/h3-8,13-14H,2,9-12,15-16H2,1H3. The second kappa shape index (κ2) is 8.99. The topological polar surface area (TPSA) is 45.4 Å². The third-order valence-corrected chi connectivity index (χ3v) is 5.72. The molecule has 1 aromatic carbocycles. The zero-order valence-corrected chi connectivity index (χ0v) is 17.7. The van der Waals surface area contributed by atoms with Crippen LogP contribution in [0.5, 0.6) is 0 Å². The lowest BCUT2D eigenvalue weighted by molar-refractivity contribution is 0.242. The summed E-state index contributed by atoms with van der Waals surface area (Å²) in [5.74, 6) is 0.878. The van der Waals surface area contributed by atoms with E-state index in [4.69, 9.17) is 4.52 Å². The highest BCUT2D eigenvalue weighted by molar-refractivity contribution is 9.10. The van der Waals surface area contributed by atoms with Crippen LogP contribution in [0.2, 0.25) is 0 Å². The first kappa shape index (κ1) is 19.3. The summed E-state index contributed by atoms with van der Waals surface area (Å²) in [6.07, 6.45) is 5.05. The molecule has 0 aliphatic carbocycles. The summed E-state index contributed by atoms with van der Waals surface area (Å²) < 4.78 is 6.30. The summed E-state index contributed by atoms with van der Waals surface area (Å²) >= 11 is 3.52. The number of rotatable bonds is 5. The Morgan fingerprint density at radius 3 is 2.46 bits per heavy atom. The molecule has 0 unspecified atom stereocenters. The van der Waals surface area contributed by atoms with Crippen LogP contribution in [0, 0.1) is 6.92 Å². The van der Waals surface area contributed by atoms with E-state index in [1.807, 2.05) is 25.4 Å². The van der Waals surface area contributed by atoms with Crippen molar-refractivity contribution in [3.63, 3.8) is 0 Å². The third kappa shape index (κ3) is 4.87. The molecule has 0 amide bonds. The Balaban J connectivity index is 1.41. The zero-order chi connectivity index (χ0) is 19.3. The van der Waals surface area contributed by atoms with Crippen LogP contribution in [-0.2, 0) is 13.1 Å². The fraction of sp³-hybridized carbons (Fsp3) is 0.364. The molecule has 146 valence electrons. The Bertz CT molecular complexity index is 909. The number of benzene rings is 1. The molecule has 1 saturated heterocycles. The molecule has 3 heterocycles. The van der Waals surface area contributed by atoms with Gasteiger partial charge < -0.3 is 4.52 Å². The van der Waals surface area contributed by atoms with Gasteiger partial charge in [-0.15, -0.1) is 0 Å². The molecule has 0 spiro atoms. The summed E-state index contributed by atoms with van der Waals surface area (Å²) in [5, 5.41) is 4.14. The fourth-order valence-electron chi connectivity index (χ4n) is 3.77. The molecule has 3 aromatic rings. The largest absolute Gasteiger partial charge is 0.361 e. The van der Waals surface area contributed by atoms with Crippen molar-refractivity contribution in [1.82, 2.24) is 19.9 Å². The molecule has 0 radical (unpaired) electrons. The predicted molar refractivity (Wildman–Crippen MR) is 114 cm³/mol. The van der Waals surface area contributed by atoms with Crippen LogP contribution in [0.1, 0.15) is 23.4 Å². The Morgan fingerprint density at radius 1 is 1.00 bits per heavy atom. The molecule has 4 rings (SSSR count). The minimum Gasteiger partial charge on any atom is -0.361 e. The van der Waals surface area contributed by atoms with Crippen LogP contribution >= 0.6 is 15.9 Å². The van der Waals surface area contributed by atoms with Gasteiger partial charge in [-0.2, -0.15) is 0 Å². The molecule has 5 nitrogen and oxygen atoms in total. The van der Waals surface area contributed by atoms with Gasteiger partial charge in [0.1, 0.15) is 5.76 Å². The van der Waals surface area contributed by atoms with Gasteiger partial charge in [0.05, 0.1) is 5.69 Å². The van der Waals surface area contributed by atoms with Crippen molar-refractivity contribution in [2.75, 3.05) is 26.2 Å². The molecule has 1 aliphatic heterocycles. The molecule has 0 N–H and O–H groups in total. The highest BCUT2D eigenvalue weighted by Gasteiger charge is 2.17. The van der Waals surface area contributed by atoms with Crippen LogP contribution in [0.25, 0.3) is 11.1 Å². The third-order valence-electron chi connectivity index (χ3n) is 5.20. The Labute approximate surface area is 174 Å². The van der Waals surface area contributed by atoms with Crippen molar-refractivity contribution in [3.05, 3.63) is 70.3 Å². The number of aromatic nitrogens is 2. The zero-order valence-electron chi connectivity index (χ0n) is 16.1. The average molecular weight is 441 g/mol. The van der Waals surface area contributed by atoms with Crippen LogP contribution in [0.4, 0.5) is 0 Å². The van der Waals surface area contributed by atoms with Crippen molar-refractivity contribution in [3.8, 4) is 11.1 Å². The Morgan fingerprint density at radius 2 is 1.75 bits per heavy atom. The van der Waals surface area contributed by atoms with E-state index in [0.29, 0.717) is 0 Å². The summed E-state index contributed by atoms with van der Waals surface area (Å²) in [7, 11) is 0. The van der Waals surface area contributed by atoms with Crippen molar-refractivity contribution in [2.45, 2.75) is 26.4 Å². The summed E-state index contributed by atoms with van der Waals surface area (Å²) in [6.45, 7) is 8.01. The molecular formula is C22H25BrN4O. The quantitative estimate of drug-likeness (QED) is 0.583. The van der Waals surface area contributed by atoms with Crippen LogP contribution in [0.15, 0.2) is 57.8 Å². The molecule has 28 heavy (non-hydrogen) atoms. The number of aryl methyl sites for hydroxylation is 1. The number of halogens is 1. The van der Waals surface area contributed by atoms with Gasteiger partial charge in [-0.25, -0.2) is 0 Å². The minimum atomic E-state index is 0.863. The van der Waals surface area contributed by atoms with Crippen molar-refractivity contribution < 1.29 is 4.52 Å². The number of hydrogen-bond donors (Lipinski definition) is 0. The SMILES string of the molecule is Cc1cc(CN2CCCN(Cc3cnccc3-c3ccc(Br)cc3)CC2)no1. The fourth-order valence-corrected chi connectivity index (χ4v) is 4.03. The molecular weight excluding hydrogens is 416 g/mol. The van der Waals surface area contributed by atoms with Gasteiger partial charge in [-0.1, -0.05) is 33.2 Å².